The first-order valence-corrected chi connectivity index (χ1v) is 6.13. The number of ether oxygens (including phenoxy) is 1. The Kier molecular flexibility index (Phi) is 4.02. The molecule has 0 atom stereocenters. The number of benzene rings is 1. The molecular formula is C13H10Cl2O4. The first-order valence-electron chi connectivity index (χ1n) is 5.37. The Hall–Kier alpha value is -1.65. The lowest BCUT2D eigenvalue weighted by molar-refractivity contribution is 0.0661. The van der Waals surface area contributed by atoms with Crippen molar-refractivity contribution in [2.45, 2.75) is 13.5 Å². The topological polar surface area (TPSA) is 59.7 Å². The lowest BCUT2D eigenvalue weighted by Gasteiger charge is -2.06. The molecule has 0 saturated carbocycles. The maximum absolute atomic E-state index is 10.8. The maximum atomic E-state index is 10.8. The Morgan fingerprint density at radius 3 is 2.42 bits per heavy atom. The zero-order valence-electron chi connectivity index (χ0n) is 9.94. The van der Waals surface area contributed by atoms with E-state index in [2.05, 4.69) is 0 Å². The van der Waals surface area contributed by atoms with E-state index in [-0.39, 0.29) is 12.4 Å². The number of rotatable bonds is 4. The average Bonchev–Trinajstić information content (AvgIpc) is 2.67. The van der Waals surface area contributed by atoms with Gasteiger partial charge >= 0.3 is 5.97 Å². The van der Waals surface area contributed by atoms with Gasteiger partial charge in [-0.1, -0.05) is 23.2 Å². The Labute approximate surface area is 119 Å². The van der Waals surface area contributed by atoms with Crippen LogP contribution in [0.1, 0.15) is 21.9 Å². The highest BCUT2D eigenvalue weighted by molar-refractivity contribution is 6.34. The van der Waals surface area contributed by atoms with Gasteiger partial charge in [0.2, 0.25) is 5.76 Å². The summed E-state index contributed by atoms with van der Waals surface area (Å²) in [5.74, 6) is -0.208. The fraction of sp³-hybridized carbons (Fsp3) is 0.154. The zero-order valence-corrected chi connectivity index (χ0v) is 11.5. The van der Waals surface area contributed by atoms with E-state index in [0.29, 0.717) is 27.1 Å². The molecule has 0 bridgehead atoms. The average molecular weight is 301 g/mol. The van der Waals surface area contributed by atoms with Crippen molar-refractivity contribution in [3.63, 3.8) is 0 Å². The number of aromatic carboxylic acids is 1. The van der Waals surface area contributed by atoms with Gasteiger partial charge in [-0.05, 0) is 31.2 Å². The molecule has 100 valence electrons. The summed E-state index contributed by atoms with van der Waals surface area (Å²) in [6, 6.07) is 6.29. The van der Waals surface area contributed by atoms with Crippen molar-refractivity contribution in [2.75, 3.05) is 0 Å². The Balaban J connectivity index is 2.12. The molecule has 0 radical (unpaired) electrons. The van der Waals surface area contributed by atoms with Crippen molar-refractivity contribution >= 4 is 29.2 Å². The van der Waals surface area contributed by atoms with Crippen molar-refractivity contribution in [3.8, 4) is 5.75 Å². The van der Waals surface area contributed by atoms with Crippen LogP contribution in [0.15, 0.2) is 28.7 Å². The molecule has 1 N–H and O–H groups in total. The van der Waals surface area contributed by atoms with Gasteiger partial charge in [-0.15, -0.1) is 0 Å². The van der Waals surface area contributed by atoms with Gasteiger partial charge in [0.1, 0.15) is 18.1 Å². The number of furan rings is 1. The van der Waals surface area contributed by atoms with E-state index in [1.807, 2.05) is 0 Å². The van der Waals surface area contributed by atoms with Gasteiger partial charge in [0.05, 0.1) is 0 Å². The van der Waals surface area contributed by atoms with Crippen LogP contribution in [0.25, 0.3) is 0 Å². The minimum Gasteiger partial charge on any atom is -0.489 e. The number of carbonyl (C=O) groups is 1. The fourth-order valence-electron chi connectivity index (χ4n) is 1.54. The standard InChI is InChI=1S/C13H10Cl2O4/c1-7-8(2-12(19-7)13(16)17)6-18-11-4-9(14)3-10(15)5-11/h2-5H,6H2,1H3,(H,16,17). The van der Waals surface area contributed by atoms with Crippen LogP contribution in [0.3, 0.4) is 0 Å². The van der Waals surface area contributed by atoms with Crippen molar-refractivity contribution in [2.24, 2.45) is 0 Å². The normalized spacial score (nSPS) is 10.5. The molecular weight excluding hydrogens is 291 g/mol. The monoisotopic (exact) mass is 300 g/mol. The van der Waals surface area contributed by atoms with Crippen LogP contribution in [0.2, 0.25) is 10.0 Å². The summed E-state index contributed by atoms with van der Waals surface area (Å²) < 4.78 is 10.6. The number of carboxylic acid groups (broad SMARTS) is 1. The van der Waals surface area contributed by atoms with Crippen molar-refractivity contribution < 1.29 is 19.1 Å². The molecule has 1 heterocycles. The number of hydrogen-bond acceptors (Lipinski definition) is 3. The number of halogens is 2. The van der Waals surface area contributed by atoms with Gasteiger partial charge in [0, 0.05) is 15.6 Å². The molecule has 0 fully saturated rings. The summed E-state index contributed by atoms with van der Waals surface area (Å²) in [4.78, 5) is 10.8. The third-order valence-corrected chi connectivity index (χ3v) is 2.90. The molecule has 2 aromatic rings. The molecule has 2 rings (SSSR count). The lowest BCUT2D eigenvalue weighted by Crippen LogP contribution is -1.96. The molecule has 0 saturated heterocycles. The molecule has 0 unspecified atom stereocenters. The lowest BCUT2D eigenvalue weighted by atomic mass is 10.2. The predicted octanol–water partition coefficient (Wildman–Crippen LogP) is 4.17. The van der Waals surface area contributed by atoms with Gasteiger partial charge in [-0.2, -0.15) is 0 Å². The highest BCUT2D eigenvalue weighted by Gasteiger charge is 2.13. The molecule has 19 heavy (non-hydrogen) atoms. The van der Waals surface area contributed by atoms with E-state index in [4.69, 9.17) is 37.5 Å². The third kappa shape index (κ3) is 3.43. The summed E-state index contributed by atoms with van der Waals surface area (Å²) in [6.45, 7) is 1.86. The Morgan fingerprint density at radius 2 is 1.89 bits per heavy atom. The summed E-state index contributed by atoms with van der Waals surface area (Å²) >= 11 is 11.7. The molecule has 1 aromatic carbocycles. The van der Waals surface area contributed by atoms with Gasteiger partial charge in [0.25, 0.3) is 0 Å². The van der Waals surface area contributed by atoms with Gasteiger partial charge in [0.15, 0.2) is 0 Å². The van der Waals surface area contributed by atoms with Crippen LogP contribution in [0.5, 0.6) is 5.75 Å². The van der Waals surface area contributed by atoms with E-state index >= 15 is 0 Å². The molecule has 6 heteroatoms. The molecule has 0 aliphatic rings. The minimum absolute atomic E-state index is 0.111. The first kappa shape index (κ1) is 13.8. The second kappa shape index (κ2) is 5.55. The van der Waals surface area contributed by atoms with Crippen molar-refractivity contribution in [3.05, 3.63) is 51.4 Å². The third-order valence-electron chi connectivity index (χ3n) is 2.46. The first-order chi connectivity index (χ1) is 8.95. The largest absolute Gasteiger partial charge is 0.489 e. The van der Waals surface area contributed by atoms with Crippen LogP contribution in [0.4, 0.5) is 0 Å². The summed E-state index contributed by atoms with van der Waals surface area (Å²) in [6.07, 6.45) is 0. The summed E-state index contributed by atoms with van der Waals surface area (Å²) in [5.41, 5.74) is 0.661. The van der Waals surface area contributed by atoms with Crippen LogP contribution in [0, 0.1) is 6.92 Å². The van der Waals surface area contributed by atoms with Crippen LogP contribution in [-0.2, 0) is 6.61 Å². The van der Waals surface area contributed by atoms with Gasteiger partial charge in [-0.25, -0.2) is 4.79 Å². The second-order valence-electron chi connectivity index (χ2n) is 3.89. The second-order valence-corrected chi connectivity index (χ2v) is 4.76. The molecule has 0 aliphatic carbocycles. The van der Waals surface area contributed by atoms with Gasteiger partial charge in [-0.3, -0.25) is 0 Å². The van der Waals surface area contributed by atoms with Crippen LogP contribution in [-0.4, -0.2) is 11.1 Å². The highest BCUT2D eigenvalue weighted by Crippen LogP contribution is 2.25. The predicted molar refractivity (Wildman–Crippen MR) is 71.2 cm³/mol. The number of aryl methyl sites for hydroxylation is 1. The highest BCUT2D eigenvalue weighted by atomic mass is 35.5. The van der Waals surface area contributed by atoms with Gasteiger partial charge < -0.3 is 14.3 Å². The SMILES string of the molecule is Cc1oc(C(=O)O)cc1COc1cc(Cl)cc(Cl)c1. The van der Waals surface area contributed by atoms with E-state index < -0.39 is 5.97 Å². The van der Waals surface area contributed by atoms with Crippen LogP contribution < -0.4 is 4.74 Å². The zero-order chi connectivity index (χ0) is 14.0. The van der Waals surface area contributed by atoms with E-state index in [1.165, 1.54) is 6.07 Å². The van der Waals surface area contributed by atoms with Crippen molar-refractivity contribution in [1.82, 2.24) is 0 Å². The summed E-state index contributed by atoms with van der Waals surface area (Å²) in [5, 5.41) is 9.75. The Morgan fingerprint density at radius 1 is 1.26 bits per heavy atom. The maximum Gasteiger partial charge on any atom is 0.371 e. The number of carboxylic acids is 1. The van der Waals surface area contributed by atoms with Crippen molar-refractivity contribution in [1.29, 1.82) is 0 Å². The minimum atomic E-state index is -1.11. The summed E-state index contributed by atoms with van der Waals surface area (Å²) in [7, 11) is 0. The van der Waals surface area contributed by atoms with E-state index in [9.17, 15) is 4.79 Å². The molecule has 0 amide bonds. The Bertz CT molecular complexity index is 599. The number of hydrogen-bond donors (Lipinski definition) is 1. The fourth-order valence-corrected chi connectivity index (χ4v) is 2.05. The molecule has 0 aliphatic heterocycles. The van der Waals surface area contributed by atoms with E-state index in [1.54, 1.807) is 25.1 Å². The van der Waals surface area contributed by atoms with E-state index in [0.717, 1.165) is 0 Å². The quantitative estimate of drug-likeness (QED) is 0.920. The molecule has 4 nitrogen and oxygen atoms in total. The smallest absolute Gasteiger partial charge is 0.371 e. The van der Waals surface area contributed by atoms with Crippen LogP contribution >= 0.6 is 23.2 Å². The molecule has 1 aromatic heterocycles. The molecule has 0 spiro atoms.